The molecule has 3 heterocycles. The number of nitrogens with zero attached hydrogens (tertiary/aromatic N) is 1. The Kier molecular flexibility index (Phi) is 3.35. The van der Waals surface area contributed by atoms with E-state index in [1.54, 1.807) is 13.0 Å². The fraction of sp³-hybridized carbons (Fsp3) is 0.385. The molecule has 1 fully saturated rings. The van der Waals surface area contributed by atoms with Gasteiger partial charge in [0.15, 0.2) is 5.82 Å². The molecule has 0 saturated carbocycles. The van der Waals surface area contributed by atoms with Gasteiger partial charge >= 0.3 is 0 Å². The molecule has 1 aliphatic rings. The van der Waals surface area contributed by atoms with E-state index in [2.05, 4.69) is 15.8 Å². The van der Waals surface area contributed by atoms with Crippen LogP contribution in [0.1, 0.15) is 39.2 Å². The lowest BCUT2D eigenvalue weighted by Gasteiger charge is -2.05. The summed E-state index contributed by atoms with van der Waals surface area (Å²) in [7, 11) is 0. The summed E-state index contributed by atoms with van der Waals surface area (Å²) >= 11 is 1.53. The van der Waals surface area contributed by atoms with Crippen LogP contribution in [0.5, 0.6) is 0 Å². The zero-order chi connectivity index (χ0) is 13.2. The van der Waals surface area contributed by atoms with Crippen molar-refractivity contribution in [1.29, 1.82) is 0 Å². The lowest BCUT2D eigenvalue weighted by atomic mass is 10.2. The average molecular weight is 277 g/mol. The molecule has 1 amide bonds. The second kappa shape index (κ2) is 5.14. The van der Waals surface area contributed by atoms with Crippen LogP contribution in [0.3, 0.4) is 0 Å². The number of aryl methyl sites for hydroxylation is 1. The van der Waals surface area contributed by atoms with Gasteiger partial charge in [-0.3, -0.25) is 4.79 Å². The summed E-state index contributed by atoms with van der Waals surface area (Å²) in [5.74, 6) is 0.997. The van der Waals surface area contributed by atoms with Crippen LogP contribution in [0, 0.1) is 6.92 Å². The predicted octanol–water partition coefficient (Wildman–Crippen LogP) is 2.72. The quantitative estimate of drug-likeness (QED) is 0.905. The van der Waals surface area contributed by atoms with Gasteiger partial charge in [-0.05, 0) is 38.4 Å². The van der Waals surface area contributed by atoms with E-state index in [0.717, 1.165) is 13.0 Å². The molecule has 0 bridgehead atoms. The van der Waals surface area contributed by atoms with Gasteiger partial charge in [-0.25, -0.2) is 0 Å². The van der Waals surface area contributed by atoms with Gasteiger partial charge in [0.2, 0.25) is 0 Å². The van der Waals surface area contributed by atoms with Crippen molar-refractivity contribution >= 4 is 23.1 Å². The highest BCUT2D eigenvalue weighted by atomic mass is 32.1. The number of nitrogens with one attached hydrogen (secondary N) is 2. The fourth-order valence-corrected chi connectivity index (χ4v) is 3.21. The molecular formula is C13H15N3O2S. The molecule has 19 heavy (non-hydrogen) atoms. The molecule has 0 aliphatic carbocycles. The van der Waals surface area contributed by atoms with Gasteiger partial charge in [0.25, 0.3) is 5.91 Å². The Morgan fingerprint density at radius 1 is 1.58 bits per heavy atom. The predicted molar refractivity (Wildman–Crippen MR) is 73.5 cm³/mol. The maximum absolute atomic E-state index is 12.0. The zero-order valence-corrected chi connectivity index (χ0v) is 11.4. The molecule has 0 aromatic carbocycles. The maximum Gasteiger partial charge on any atom is 0.266 e. The van der Waals surface area contributed by atoms with Gasteiger partial charge in [-0.15, -0.1) is 11.3 Å². The van der Waals surface area contributed by atoms with Crippen LogP contribution in [-0.2, 0) is 0 Å². The number of carbonyl (C=O) groups excluding carboxylic acids is 1. The highest BCUT2D eigenvalue weighted by Crippen LogP contribution is 2.29. The normalized spacial score (nSPS) is 18.7. The Labute approximate surface area is 115 Å². The summed E-state index contributed by atoms with van der Waals surface area (Å²) < 4.78 is 4.92. The number of anilines is 1. The number of thiophene rings is 1. The minimum absolute atomic E-state index is 0.137. The van der Waals surface area contributed by atoms with E-state index in [0.29, 0.717) is 22.5 Å². The van der Waals surface area contributed by atoms with Crippen LogP contribution in [0.4, 0.5) is 5.82 Å². The van der Waals surface area contributed by atoms with Crippen LogP contribution in [0.2, 0.25) is 0 Å². The topological polar surface area (TPSA) is 67.2 Å². The monoisotopic (exact) mass is 277 g/mol. The van der Waals surface area contributed by atoms with Crippen LogP contribution in [0.25, 0.3) is 0 Å². The maximum atomic E-state index is 12.0. The van der Waals surface area contributed by atoms with E-state index in [9.17, 15) is 4.79 Å². The molecule has 1 atom stereocenters. The molecule has 1 saturated heterocycles. The first-order valence-corrected chi connectivity index (χ1v) is 7.12. The van der Waals surface area contributed by atoms with Gasteiger partial charge in [-0.2, -0.15) is 0 Å². The average Bonchev–Trinajstić information content (AvgIpc) is 3.08. The van der Waals surface area contributed by atoms with E-state index >= 15 is 0 Å². The van der Waals surface area contributed by atoms with Crippen LogP contribution < -0.4 is 10.6 Å². The third-order valence-electron chi connectivity index (χ3n) is 3.12. The van der Waals surface area contributed by atoms with Crippen molar-refractivity contribution in [3.63, 3.8) is 0 Å². The van der Waals surface area contributed by atoms with Crippen molar-refractivity contribution in [3.05, 3.63) is 33.7 Å². The van der Waals surface area contributed by atoms with Gasteiger partial charge in [-0.1, -0.05) is 5.16 Å². The largest absolute Gasteiger partial charge is 0.360 e. The second-order valence-corrected chi connectivity index (χ2v) is 5.74. The molecule has 0 unspecified atom stereocenters. The van der Waals surface area contributed by atoms with Crippen molar-refractivity contribution in [3.8, 4) is 0 Å². The molecule has 5 nitrogen and oxygen atoms in total. The Balaban J connectivity index is 1.69. The third-order valence-corrected chi connectivity index (χ3v) is 4.32. The lowest BCUT2D eigenvalue weighted by Crippen LogP contribution is -2.11. The summed E-state index contributed by atoms with van der Waals surface area (Å²) in [6, 6.07) is 5.99. The molecule has 0 spiro atoms. The molecule has 100 valence electrons. The first-order valence-electron chi connectivity index (χ1n) is 6.30. The molecule has 2 aromatic rings. The minimum atomic E-state index is -0.137. The molecule has 6 heteroatoms. The Hall–Kier alpha value is -1.66. The molecule has 0 radical (unpaired) electrons. The standard InChI is InChI=1S/C13H15N3O2S/c1-8-7-12(16-18-8)15-13(17)11-5-4-10(19-11)9-3-2-6-14-9/h4-5,7,9,14H,2-3,6H2,1H3,(H,15,16,17)/t9-/m1/s1. The summed E-state index contributed by atoms with van der Waals surface area (Å²) in [4.78, 5) is 14.0. The molecule has 3 rings (SSSR count). The van der Waals surface area contributed by atoms with E-state index in [4.69, 9.17) is 4.52 Å². The number of hydrogen-bond donors (Lipinski definition) is 2. The van der Waals surface area contributed by atoms with Gasteiger partial charge in [0.05, 0.1) is 4.88 Å². The summed E-state index contributed by atoms with van der Waals surface area (Å²) in [6.45, 7) is 2.85. The number of aromatic nitrogens is 1. The van der Waals surface area contributed by atoms with Crippen molar-refractivity contribution in [2.45, 2.75) is 25.8 Å². The first kappa shape index (κ1) is 12.4. The lowest BCUT2D eigenvalue weighted by molar-refractivity contribution is 0.102. The molecule has 2 N–H and O–H groups in total. The smallest absolute Gasteiger partial charge is 0.266 e. The number of hydrogen-bond acceptors (Lipinski definition) is 5. The Bertz CT molecular complexity index is 584. The van der Waals surface area contributed by atoms with Crippen LogP contribution in [0.15, 0.2) is 22.7 Å². The minimum Gasteiger partial charge on any atom is -0.360 e. The summed E-state index contributed by atoms with van der Waals surface area (Å²) in [5.41, 5.74) is 0. The van der Waals surface area contributed by atoms with Gasteiger partial charge in [0, 0.05) is 17.0 Å². The Morgan fingerprint density at radius 2 is 2.47 bits per heavy atom. The summed E-state index contributed by atoms with van der Waals surface area (Å²) in [5, 5.41) is 9.91. The van der Waals surface area contributed by atoms with E-state index in [1.165, 1.54) is 22.6 Å². The van der Waals surface area contributed by atoms with E-state index in [-0.39, 0.29) is 5.91 Å². The second-order valence-electron chi connectivity index (χ2n) is 4.63. The molecular weight excluding hydrogens is 262 g/mol. The molecule has 1 aliphatic heterocycles. The fourth-order valence-electron chi connectivity index (χ4n) is 2.19. The van der Waals surface area contributed by atoms with Crippen LogP contribution in [-0.4, -0.2) is 17.6 Å². The number of amides is 1. The zero-order valence-electron chi connectivity index (χ0n) is 10.6. The van der Waals surface area contributed by atoms with Crippen molar-refractivity contribution in [2.75, 3.05) is 11.9 Å². The van der Waals surface area contributed by atoms with Gasteiger partial charge in [0.1, 0.15) is 5.76 Å². The number of carbonyl (C=O) groups is 1. The van der Waals surface area contributed by atoms with Crippen LogP contribution >= 0.6 is 11.3 Å². The van der Waals surface area contributed by atoms with E-state index in [1.807, 2.05) is 12.1 Å². The SMILES string of the molecule is Cc1cc(NC(=O)c2ccc([C@H]3CCCN3)s2)no1. The third kappa shape index (κ3) is 2.69. The first-order chi connectivity index (χ1) is 9.22. The Morgan fingerprint density at radius 3 is 3.16 bits per heavy atom. The number of rotatable bonds is 3. The van der Waals surface area contributed by atoms with Crippen molar-refractivity contribution in [2.24, 2.45) is 0 Å². The van der Waals surface area contributed by atoms with Crippen molar-refractivity contribution in [1.82, 2.24) is 10.5 Å². The van der Waals surface area contributed by atoms with E-state index < -0.39 is 0 Å². The summed E-state index contributed by atoms with van der Waals surface area (Å²) in [6.07, 6.45) is 2.34. The van der Waals surface area contributed by atoms with Crippen molar-refractivity contribution < 1.29 is 9.32 Å². The highest BCUT2D eigenvalue weighted by molar-refractivity contribution is 7.14. The highest BCUT2D eigenvalue weighted by Gasteiger charge is 2.19. The molecule has 2 aromatic heterocycles. The van der Waals surface area contributed by atoms with Gasteiger partial charge < -0.3 is 15.2 Å².